The summed E-state index contributed by atoms with van der Waals surface area (Å²) in [5, 5.41) is 0. The maximum atomic E-state index is 6.23. The van der Waals surface area contributed by atoms with Crippen molar-refractivity contribution in [3.63, 3.8) is 0 Å². The van der Waals surface area contributed by atoms with E-state index in [9.17, 15) is 0 Å². The lowest BCUT2D eigenvalue weighted by Gasteiger charge is -2.45. The molecule has 0 aromatic carbocycles. The number of fused-ring (bicyclic) bond motifs is 1. The molecule has 3 atom stereocenters. The fourth-order valence-electron chi connectivity index (χ4n) is 3.44. The quantitative estimate of drug-likeness (QED) is 0.798. The van der Waals surface area contributed by atoms with E-state index < -0.39 is 0 Å². The average molecular weight is 224 g/mol. The second kappa shape index (κ2) is 5.50. The van der Waals surface area contributed by atoms with Crippen LogP contribution in [0, 0.1) is 11.8 Å². The van der Waals surface area contributed by atoms with Gasteiger partial charge < -0.3 is 5.73 Å². The largest absolute Gasteiger partial charge is 0.326 e. The SMILES string of the molecule is CC(C)C(N)CN1CCC[C@H]2CCCC[C@H]21. The first-order chi connectivity index (χ1) is 7.68. The molecule has 2 heteroatoms. The van der Waals surface area contributed by atoms with E-state index in [4.69, 9.17) is 5.73 Å². The molecule has 1 aliphatic carbocycles. The molecular formula is C14H28N2. The van der Waals surface area contributed by atoms with E-state index in [1.54, 1.807) is 0 Å². The minimum Gasteiger partial charge on any atom is -0.326 e. The lowest BCUT2D eigenvalue weighted by molar-refractivity contribution is 0.0525. The van der Waals surface area contributed by atoms with Crippen molar-refractivity contribution in [1.29, 1.82) is 0 Å². The molecule has 0 bridgehead atoms. The Kier molecular flexibility index (Phi) is 4.26. The van der Waals surface area contributed by atoms with Gasteiger partial charge in [-0.3, -0.25) is 4.90 Å². The summed E-state index contributed by atoms with van der Waals surface area (Å²) >= 11 is 0. The van der Waals surface area contributed by atoms with Crippen LogP contribution in [0.2, 0.25) is 0 Å². The molecule has 0 amide bonds. The van der Waals surface area contributed by atoms with Crippen LogP contribution in [-0.2, 0) is 0 Å². The van der Waals surface area contributed by atoms with Crippen LogP contribution in [0.4, 0.5) is 0 Å². The molecule has 94 valence electrons. The summed E-state index contributed by atoms with van der Waals surface area (Å²) in [7, 11) is 0. The third kappa shape index (κ3) is 2.78. The van der Waals surface area contributed by atoms with Crippen LogP contribution < -0.4 is 5.73 Å². The van der Waals surface area contributed by atoms with Crippen molar-refractivity contribution in [2.24, 2.45) is 17.6 Å². The lowest BCUT2D eigenvalue weighted by atomic mass is 9.78. The van der Waals surface area contributed by atoms with Crippen molar-refractivity contribution in [3.05, 3.63) is 0 Å². The van der Waals surface area contributed by atoms with Gasteiger partial charge in [-0.2, -0.15) is 0 Å². The molecular weight excluding hydrogens is 196 g/mol. The molecule has 1 aliphatic heterocycles. The van der Waals surface area contributed by atoms with E-state index in [1.807, 2.05) is 0 Å². The number of nitrogens with two attached hydrogens (primary N) is 1. The third-order valence-electron chi connectivity index (χ3n) is 4.66. The molecule has 2 fully saturated rings. The van der Waals surface area contributed by atoms with Crippen molar-refractivity contribution in [2.75, 3.05) is 13.1 Å². The molecule has 0 radical (unpaired) electrons. The number of hydrogen-bond donors (Lipinski definition) is 1. The Morgan fingerprint density at radius 3 is 2.56 bits per heavy atom. The first-order valence-corrected chi connectivity index (χ1v) is 7.18. The van der Waals surface area contributed by atoms with Gasteiger partial charge in [-0.1, -0.05) is 26.7 Å². The second-order valence-electron chi connectivity index (χ2n) is 6.16. The number of nitrogens with zero attached hydrogens (tertiary/aromatic N) is 1. The van der Waals surface area contributed by atoms with Crippen molar-refractivity contribution >= 4 is 0 Å². The van der Waals surface area contributed by atoms with E-state index in [0.29, 0.717) is 12.0 Å². The van der Waals surface area contributed by atoms with Crippen molar-refractivity contribution in [3.8, 4) is 0 Å². The Bertz CT molecular complexity index is 213. The van der Waals surface area contributed by atoms with Crippen LogP contribution in [0.3, 0.4) is 0 Å². The highest BCUT2D eigenvalue weighted by Gasteiger charge is 2.33. The van der Waals surface area contributed by atoms with Crippen LogP contribution in [0.15, 0.2) is 0 Å². The lowest BCUT2D eigenvalue weighted by Crippen LogP contribution is -2.51. The predicted octanol–water partition coefficient (Wildman–Crippen LogP) is 2.62. The summed E-state index contributed by atoms with van der Waals surface area (Å²) in [4.78, 5) is 2.71. The smallest absolute Gasteiger partial charge is 0.0191 e. The highest BCUT2D eigenvalue weighted by atomic mass is 15.2. The predicted molar refractivity (Wildman–Crippen MR) is 69.4 cm³/mol. The van der Waals surface area contributed by atoms with Gasteiger partial charge in [0.2, 0.25) is 0 Å². The normalized spacial score (nSPS) is 33.8. The maximum Gasteiger partial charge on any atom is 0.0191 e. The summed E-state index contributed by atoms with van der Waals surface area (Å²) in [6.07, 6.45) is 8.66. The fraction of sp³-hybridized carbons (Fsp3) is 1.00. The van der Waals surface area contributed by atoms with E-state index in [0.717, 1.165) is 18.5 Å². The third-order valence-corrected chi connectivity index (χ3v) is 4.66. The van der Waals surface area contributed by atoms with Crippen LogP contribution in [0.1, 0.15) is 52.4 Å². The minimum absolute atomic E-state index is 0.362. The first kappa shape index (κ1) is 12.4. The average Bonchev–Trinajstić information content (AvgIpc) is 2.29. The molecule has 1 heterocycles. The summed E-state index contributed by atoms with van der Waals surface area (Å²) in [5.74, 6) is 1.60. The maximum absolute atomic E-state index is 6.23. The standard InChI is InChI=1S/C14H28N2/c1-11(2)13(15)10-16-9-5-7-12-6-3-4-8-14(12)16/h11-14H,3-10,15H2,1-2H3/t12-,13?,14-/m1/s1. The Hall–Kier alpha value is -0.0800. The van der Waals surface area contributed by atoms with Gasteiger partial charge >= 0.3 is 0 Å². The van der Waals surface area contributed by atoms with Crippen LogP contribution >= 0.6 is 0 Å². The molecule has 2 rings (SSSR count). The summed E-state index contributed by atoms with van der Waals surface area (Å²) in [6, 6.07) is 1.23. The highest BCUT2D eigenvalue weighted by Crippen LogP contribution is 2.35. The van der Waals surface area contributed by atoms with Crippen LogP contribution in [-0.4, -0.2) is 30.1 Å². The zero-order valence-electron chi connectivity index (χ0n) is 11.0. The van der Waals surface area contributed by atoms with Gasteiger partial charge in [0.25, 0.3) is 0 Å². The zero-order chi connectivity index (χ0) is 11.5. The van der Waals surface area contributed by atoms with E-state index in [1.165, 1.54) is 45.1 Å². The number of piperidine rings is 1. The van der Waals surface area contributed by atoms with E-state index in [-0.39, 0.29) is 0 Å². The minimum atomic E-state index is 0.362. The van der Waals surface area contributed by atoms with E-state index in [2.05, 4.69) is 18.7 Å². The van der Waals surface area contributed by atoms with Crippen molar-refractivity contribution in [1.82, 2.24) is 4.90 Å². The summed E-state index contributed by atoms with van der Waals surface area (Å²) < 4.78 is 0. The Morgan fingerprint density at radius 1 is 1.12 bits per heavy atom. The van der Waals surface area contributed by atoms with Gasteiger partial charge in [0.1, 0.15) is 0 Å². The Morgan fingerprint density at radius 2 is 1.81 bits per heavy atom. The molecule has 0 spiro atoms. The molecule has 0 aromatic heterocycles. The Labute approximate surface area is 101 Å². The van der Waals surface area contributed by atoms with Crippen LogP contribution in [0.5, 0.6) is 0 Å². The van der Waals surface area contributed by atoms with Gasteiger partial charge in [0.05, 0.1) is 0 Å². The number of rotatable bonds is 3. The van der Waals surface area contributed by atoms with E-state index >= 15 is 0 Å². The number of hydrogen-bond acceptors (Lipinski definition) is 2. The molecule has 2 N–H and O–H groups in total. The topological polar surface area (TPSA) is 29.3 Å². The van der Waals surface area contributed by atoms with Crippen molar-refractivity contribution < 1.29 is 0 Å². The molecule has 2 nitrogen and oxygen atoms in total. The molecule has 1 unspecified atom stereocenters. The molecule has 1 saturated heterocycles. The fourth-order valence-corrected chi connectivity index (χ4v) is 3.44. The monoisotopic (exact) mass is 224 g/mol. The number of likely N-dealkylation sites (tertiary alicyclic amines) is 1. The van der Waals surface area contributed by atoms with Gasteiger partial charge in [-0.15, -0.1) is 0 Å². The van der Waals surface area contributed by atoms with Gasteiger partial charge in [-0.25, -0.2) is 0 Å². The van der Waals surface area contributed by atoms with Gasteiger partial charge in [0, 0.05) is 18.6 Å². The summed E-state index contributed by atoms with van der Waals surface area (Å²) in [5.41, 5.74) is 6.23. The summed E-state index contributed by atoms with van der Waals surface area (Å²) in [6.45, 7) is 6.90. The zero-order valence-corrected chi connectivity index (χ0v) is 11.0. The first-order valence-electron chi connectivity index (χ1n) is 7.18. The second-order valence-corrected chi connectivity index (χ2v) is 6.16. The molecule has 16 heavy (non-hydrogen) atoms. The Balaban J connectivity index is 1.92. The van der Waals surface area contributed by atoms with Gasteiger partial charge in [-0.05, 0) is 44.1 Å². The van der Waals surface area contributed by atoms with Crippen molar-refractivity contribution in [2.45, 2.75) is 64.5 Å². The molecule has 2 aliphatic rings. The van der Waals surface area contributed by atoms with Crippen LogP contribution in [0.25, 0.3) is 0 Å². The molecule has 1 saturated carbocycles. The highest BCUT2D eigenvalue weighted by molar-refractivity contribution is 4.89. The van der Waals surface area contributed by atoms with Gasteiger partial charge in [0.15, 0.2) is 0 Å². The molecule has 0 aromatic rings.